The van der Waals surface area contributed by atoms with E-state index < -0.39 is 5.60 Å². The number of pyridine rings is 1. The normalized spacial score (nSPS) is 25.0. The second kappa shape index (κ2) is 9.02. The molecule has 2 fully saturated rings. The molecule has 1 aliphatic carbocycles. The Hall–Kier alpha value is -2.99. The molecule has 31 heavy (non-hydrogen) atoms. The van der Waals surface area contributed by atoms with E-state index in [9.17, 15) is 9.59 Å². The Bertz CT molecular complexity index is 944. The van der Waals surface area contributed by atoms with E-state index >= 15 is 0 Å². The van der Waals surface area contributed by atoms with E-state index in [-0.39, 0.29) is 24.3 Å². The van der Waals surface area contributed by atoms with Gasteiger partial charge >= 0.3 is 0 Å². The Kier molecular flexibility index (Phi) is 6.18. The molecule has 0 spiro atoms. The third-order valence-electron chi connectivity index (χ3n) is 6.18. The van der Waals surface area contributed by atoms with E-state index in [2.05, 4.69) is 23.8 Å². The van der Waals surface area contributed by atoms with E-state index in [1.54, 1.807) is 12.3 Å². The summed E-state index contributed by atoms with van der Waals surface area (Å²) in [6.45, 7) is 7.28. The number of hydrogen-bond acceptors (Lipinski definition) is 4. The summed E-state index contributed by atoms with van der Waals surface area (Å²) in [5.41, 5.74) is 1.98. The SMILES string of the molecule is C=CCNC(=O)[C@]1(Cc2ccc(-c3cccnc3)cc2)CN(C(=O)[C@H]2C[C@H]2C)CCO1. The van der Waals surface area contributed by atoms with Gasteiger partial charge in [-0.2, -0.15) is 0 Å². The van der Waals surface area contributed by atoms with Gasteiger partial charge in [-0.25, -0.2) is 0 Å². The minimum Gasteiger partial charge on any atom is -0.361 e. The molecule has 6 nitrogen and oxygen atoms in total. The van der Waals surface area contributed by atoms with Crippen LogP contribution >= 0.6 is 0 Å². The molecule has 4 rings (SSSR count). The first-order valence-corrected chi connectivity index (χ1v) is 10.8. The Morgan fingerprint density at radius 2 is 2.06 bits per heavy atom. The van der Waals surface area contributed by atoms with Crippen LogP contribution in [0.3, 0.4) is 0 Å². The molecule has 0 bridgehead atoms. The van der Waals surface area contributed by atoms with E-state index in [0.29, 0.717) is 32.0 Å². The number of rotatable bonds is 7. The zero-order valence-corrected chi connectivity index (χ0v) is 17.9. The molecule has 2 aromatic rings. The van der Waals surface area contributed by atoms with Crippen molar-refractivity contribution in [2.75, 3.05) is 26.2 Å². The molecule has 1 saturated carbocycles. The molecule has 1 aliphatic heterocycles. The molecule has 1 saturated heterocycles. The van der Waals surface area contributed by atoms with Crippen molar-refractivity contribution in [3.63, 3.8) is 0 Å². The maximum absolute atomic E-state index is 13.2. The number of ether oxygens (including phenoxy) is 1. The number of hydrogen-bond donors (Lipinski definition) is 1. The highest BCUT2D eigenvalue weighted by Gasteiger charge is 2.48. The van der Waals surface area contributed by atoms with Crippen molar-refractivity contribution in [1.29, 1.82) is 0 Å². The van der Waals surface area contributed by atoms with Crippen LogP contribution in [0.5, 0.6) is 0 Å². The highest BCUT2D eigenvalue weighted by molar-refractivity contribution is 5.88. The third-order valence-corrected chi connectivity index (χ3v) is 6.18. The van der Waals surface area contributed by atoms with Gasteiger partial charge < -0.3 is 15.0 Å². The molecule has 2 amide bonds. The molecule has 6 heteroatoms. The van der Waals surface area contributed by atoms with Gasteiger partial charge in [0, 0.05) is 37.8 Å². The number of nitrogens with one attached hydrogen (secondary N) is 1. The number of nitrogens with zero attached hydrogens (tertiary/aromatic N) is 2. The van der Waals surface area contributed by atoms with Crippen LogP contribution in [0.4, 0.5) is 0 Å². The van der Waals surface area contributed by atoms with Crippen molar-refractivity contribution in [2.45, 2.75) is 25.4 Å². The fraction of sp³-hybridized carbons (Fsp3) is 0.400. The lowest BCUT2D eigenvalue weighted by atomic mass is 9.90. The lowest BCUT2D eigenvalue weighted by Gasteiger charge is -2.42. The maximum Gasteiger partial charge on any atom is 0.254 e. The van der Waals surface area contributed by atoms with Crippen LogP contribution in [0.15, 0.2) is 61.4 Å². The van der Waals surface area contributed by atoms with Gasteiger partial charge in [-0.05, 0) is 35.1 Å². The van der Waals surface area contributed by atoms with Gasteiger partial charge in [-0.15, -0.1) is 6.58 Å². The molecule has 162 valence electrons. The van der Waals surface area contributed by atoms with Gasteiger partial charge in [-0.1, -0.05) is 43.3 Å². The van der Waals surface area contributed by atoms with Crippen LogP contribution in [-0.4, -0.2) is 53.5 Å². The highest BCUT2D eigenvalue weighted by atomic mass is 16.5. The third kappa shape index (κ3) is 4.69. The summed E-state index contributed by atoms with van der Waals surface area (Å²) in [5.74, 6) is 0.457. The summed E-state index contributed by atoms with van der Waals surface area (Å²) in [4.78, 5) is 32.0. The minimum atomic E-state index is -1.11. The second-order valence-electron chi connectivity index (χ2n) is 8.54. The summed E-state index contributed by atoms with van der Waals surface area (Å²) in [6, 6.07) is 12.0. The first-order chi connectivity index (χ1) is 15.0. The number of aromatic nitrogens is 1. The summed E-state index contributed by atoms with van der Waals surface area (Å²) in [7, 11) is 0. The lowest BCUT2D eigenvalue weighted by Crippen LogP contribution is -2.62. The quantitative estimate of drug-likeness (QED) is 0.701. The van der Waals surface area contributed by atoms with E-state index in [4.69, 9.17) is 4.74 Å². The second-order valence-corrected chi connectivity index (χ2v) is 8.54. The highest BCUT2D eigenvalue weighted by Crippen LogP contribution is 2.40. The van der Waals surface area contributed by atoms with Crippen LogP contribution in [0.2, 0.25) is 0 Å². The molecular weight excluding hydrogens is 390 g/mol. The molecule has 2 aliphatic rings. The van der Waals surface area contributed by atoms with Crippen molar-refractivity contribution >= 4 is 11.8 Å². The zero-order valence-electron chi connectivity index (χ0n) is 17.9. The van der Waals surface area contributed by atoms with Gasteiger partial charge in [0.1, 0.15) is 0 Å². The van der Waals surface area contributed by atoms with E-state index in [1.165, 1.54) is 0 Å². The standard InChI is InChI=1S/C25H29N3O3/c1-3-10-27-24(30)25(17-28(12-13-31-25)23(29)22-14-18(22)2)15-19-6-8-20(9-7-19)21-5-4-11-26-16-21/h3-9,11,16,18,22H,1,10,12-15,17H2,2H3,(H,27,30)/t18-,22+,25+/m1/s1. The maximum atomic E-state index is 13.2. The summed E-state index contributed by atoms with van der Waals surface area (Å²) in [5, 5.41) is 2.89. The van der Waals surface area contributed by atoms with Crippen molar-refractivity contribution < 1.29 is 14.3 Å². The topological polar surface area (TPSA) is 71.5 Å². The lowest BCUT2D eigenvalue weighted by molar-refractivity contribution is -0.166. The summed E-state index contributed by atoms with van der Waals surface area (Å²) < 4.78 is 6.10. The predicted octanol–water partition coefficient (Wildman–Crippen LogP) is 2.85. The first-order valence-electron chi connectivity index (χ1n) is 10.8. The van der Waals surface area contributed by atoms with Crippen LogP contribution in [0.1, 0.15) is 18.9 Å². The Labute approximate surface area is 183 Å². The van der Waals surface area contributed by atoms with E-state index in [1.807, 2.05) is 47.5 Å². The van der Waals surface area contributed by atoms with Crippen molar-refractivity contribution in [3.05, 3.63) is 67.0 Å². The predicted molar refractivity (Wildman–Crippen MR) is 119 cm³/mol. The molecular formula is C25H29N3O3. The summed E-state index contributed by atoms with van der Waals surface area (Å²) in [6.07, 6.45) is 6.55. The average Bonchev–Trinajstić information content (AvgIpc) is 3.54. The molecule has 1 aromatic heterocycles. The average molecular weight is 420 g/mol. The van der Waals surface area contributed by atoms with Crippen LogP contribution in [-0.2, 0) is 20.7 Å². The van der Waals surface area contributed by atoms with Crippen molar-refractivity contribution in [2.24, 2.45) is 11.8 Å². The number of carbonyl (C=O) groups excluding carboxylic acids is 2. The largest absolute Gasteiger partial charge is 0.361 e. The Morgan fingerprint density at radius 1 is 1.29 bits per heavy atom. The van der Waals surface area contributed by atoms with E-state index in [0.717, 1.165) is 23.1 Å². The molecule has 1 N–H and O–H groups in total. The molecule has 0 radical (unpaired) electrons. The van der Waals surface area contributed by atoms with Crippen LogP contribution < -0.4 is 5.32 Å². The fourth-order valence-corrected chi connectivity index (χ4v) is 4.20. The molecule has 2 heterocycles. The minimum absolute atomic E-state index is 0.0887. The Balaban J connectivity index is 1.55. The smallest absolute Gasteiger partial charge is 0.254 e. The van der Waals surface area contributed by atoms with Gasteiger partial charge in [0.15, 0.2) is 5.60 Å². The number of carbonyl (C=O) groups is 2. The van der Waals surface area contributed by atoms with Gasteiger partial charge in [-0.3, -0.25) is 14.6 Å². The van der Waals surface area contributed by atoms with Gasteiger partial charge in [0.2, 0.25) is 5.91 Å². The summed E-state index contributed by atoms with van der Waals surface area (Å²) >= 11 is 0. The van der Waals surface area contributed by atoms with Crippen molar-refractivity contribution in [3.8, 4) is 11.1 Å². The van der Waals surface area contributed by atoms with Crippen LogP contribution in [0.25, 0.3) is 11.1 Å². The molecule has 3 atom stereocenters. The number of benzene rings is 1. The van der Waals surface area contributed by atoms with Crippen molar-refractivity contribution in [1.82, 2.24) is 15.2 Å². The molecule has 1 aromatic carbocycles. The Morgan fingerprint density at radius 3 is 2.71 bits per heavy atom. The van der Waals surface area contributed by atoms with Gasteiger partial charge in [0.05, 0.1) is 13.2 Å². The number of morpholine rings is 1. The van der Waals surface area contributed by atoms with Crippen LogP contribution in [0, 0.1) is 11.8 Å². The molecule has 0 unspecified atom stereocenters. The first kappa shape index (κ1) is 21.2. The number of amides is 2. The van der Waals surface area contributed by atoms with Gasteiger partial charge in [0.25, 0.3) is 5.91 Å². The monoisotopic (exact) mass is 419 g/mol. The fourth-order valence-electron chi connectivity index (χ4n) is 4.20. The zero-order chi connectivity index (χ0) is 21.8.